The van der Waals surface area contributed by atoms with Crippen molar-refractivity contribution < 1.29 is 4.79 Å². The lowest BCUT2D eigenvalue weighted by Gasteiger charge is -2.05. The summed E-state index contributed by atoms with van der Waals surface area (Å²) in [5, 5.41) is 6.86. The molecule has 0 aliphatic heterocycles. The Morgan fingerprint density at radius 2 is 2.05 bits per heavy atom. The lowest BCUT2D eigenvalue weighted by Crippen LogP contribution is -1.95. The van der Waals surface area contributed by atoms with Gasteiger partial charge >= 0.3 is 0 Å². The molecule has 3 aromatic rings. The largest absolute Gasteiger partial charge is 0.298 e. The number of rotatable bonds is 3. The number of nitrogens with zero attached hydrogens (tertiary/aromatic N) is 4. The maximum atomic E-state index is 11.2. The van der Waals surface area contributed by atoms with Crippen LogP contribution in [0.4, 0.5) is 0 Å². The summed E-state index contributed by atoms with van der Waals surface area (Å²) in [7, 11) is 1.83. The second-order valence-corrected chi connectivity index (χ2v) is 5.32. The van der Waals surface area contributed by atoms with Gasteiger partial charge in [-0.3, -0.25) is 9.48 Å². The molecule has 0 saturated carbocycles. The van der Waals surface area contributed by atoms with E-state index in [4.69, 9.17) is 0 Å². The Bertz CT molecular complexity index is 792. The number of carbonyl (C=O) groups is 1. The summed E-state index contributed by atoms with van der Waals surface area (Å²) in [6.45, 7) is 1.83. The van der Waals surface area contributed by atoms with Gasteiger partial charge in [0, 0.05) is 12.4 Å². The van der Waals surface area contributed by atoms with Gasteiger partial charge < -0.3 is 0 Å². The van der Waals surface area contributed by atoms with Gasteiger partial charge in [0.05, 0.1) is 16.8 Å². The number of aryl methyl sites for hydroxylation is 2. The van der Waals surface area contributed by atoms with Crippen molar-refractivity contribution in [3.05, 3.63) is 41.9 Å². The van der Waals surface area contributed by atoms with Crippen molar-refractivity contribution in [2.24, 2.45) is 7.05 Å². The van der Waals surface area contributed by atoms with Crippen LogP contribution in [0.1, 0.15) is 16.1 Å². The van der Waals surface area contributed by atoms with Crippen molar-refractivity contribution in [2.75, 3.05) is 0 Å². The molecular weight excluding hydrogens is 272 g/mol. The van der Waals surface area contributed by atoms with E-state index >= 15 is 0 Å². The molecule has 5 nitrogen and oxygen atoms in total. The molecule has 100 valence electrons. The Kier molecular flexibility index (Phi) is 3.23. The zero-order valence-electron chi connectivity index (χ0n) is 11.1. The minimum Gasteiger partial charge on any atom is -0.298 e. The van der Waals surface area contributed by atoms with E-state index in [9.17, 15) is 4.79 Å². The highest BCUT2D eigenvalue weighted by Crippen LogP contribution is 2.33. The molecule has 0 bridgehead atoms. The number of aldehydes is 1. The van der Waals surface area contributed by atoms with Crippen LogP contribution in [0.15, 0.2) is 40.6 Å². The second-order valence-electron chi connectivity index (χ2n) is 4.34. The fraction of sp³-hybridized carbons (Fsp3) is 0.143. The smallest absolute Gasteiger partial charge is 0.154 e. The van der Waals surface area contributed by atoms with Crippen molar-refractivity contribution in [1.82, 2.24) is 19.7 Å². The number of fused-ring (bicyclic) bond motifs is 1. The Morgan fingerprint density at radius 3 is 2.85 bits per heavy atom. The van der Waals surface area contributed by atoms with E-state index in [0.717, 1.165) is 32.9 Å². The molecular formula is C14H12N4OS. The van der Waals surface area contributed by atoms with Gasteiger partial charge in [0.15, 0.2) is 6.29 Å². The van der Waals surface area contributed by atoms with Gasteiger partial charge in [0.1, 0.15) is 16.4 Å². The van der Waals surface area contributed by atoms with Crippen LogP contribution in [0.25, 0.3) is 10.9 Å². The molecule has 20 heavy (non-hydrogen) atoms. The lowest BCUT2D eigenvalue weighted by molar-refractivity contribution is 0.112. The van der Waals surface area contributed by atoms with Crippen molar-refractivity contribution in [3.8, 4) is 0 Å². The topological polar surface area (TPSA) is 60.7 Å². The van der Waals surface area contributed by atoms with E-state index in [2.05, 4.69) is 15.1 Å². The van der Waals surface area contributed by atoms with Crippen molar-refractivity contribution in [3.63, 3.8) is 0 Å². The molecule has 2 aromatic heterocycles. The monoisotopic (exact) mass is 284 g/mol. The predicted octanol–water partition coefficient (Wildman–Crippen LogP) is 2.64. The number of hydrogen-bond acceptors (Lipinski definition) is 5. The van der Waals surface area contributed by atoms with Crippen LogP contribution >= 0.6 is 11.8 Å². The molecule has 0 radical (unpaired) electrons. The van der Waals surface area contributed by atoms with Crippen LogP contribution in [0.5, 0.6) is 0 Å². The Labute approximate surface area is 120 Å². The number of para-hydroxylation sites is 1. The molecule has 0 spiro atoms. The number of aromatic nitrogens is 4. The molecule has 0 fully saturated rings. The average Bonchev–Trinajstić information content (AvgIpc) is 2.73. The fourth-order valence-corrected chi connectivity index (χ4v) is 3.11. The van der Waals surface area contributed by atoms with Gasteiger partial charge in [-0.2, -0.15) is 5.10 Å². The highest BCUT2D eigenvalue weighted by molar-refractivity contribution is 7.99. The summed E-state index contributed by atoms with van der Waals surface area (Å²) in [6, 6.07) is 7.80. The summed E-state index contributed by atoms with van der Waals surface area (Å²) in [5.74, 6) is 0. The third-order valence-corrected chi connectivity index (χ3v) is 4.23. The number of carbonyl (C=O) groups excluding carboxylic acids is 1. The third-order valence-electron chi connectivity index (χ3n) is 3.03. The molecule has 6 heteroatoms. The Balaban J connectivity index is 2.12. The summed E-state index contributed by atoms with van der Waals surface area (Å²) in [6.07, 6.45) is 2.38. The molecule has 3 rings (SSSR count). The summed E-state index contributed by atoms with van der Waals surface area (Å²) >= 11 is 1.43. The van der Waals surface area contributed by atoms with Crippen molar-refractivity contribution >= 4 is 29.0 Å². The van der Waals surface area contributed by atoms with Gasteiger partial charge in [-0.15, -0.1) is 0 Å². The highest BCUT2D eigenvalue weighted by Gasteiger charge is 2.15. The van der Waals surface area contributed by atoms with E-state index in [1.807, 2.05) is 38.2 Å². The molecule has 0 N–H and O–H groups in total. The van der Waals surface area contributed by atoms with E-state index in [-0.39, 0.29) is 0 Å². The summed E-state index contributed by atoms with van der Waals surface area (Å²) in [5.41, 5.74) is 2.22. The minimum atomic E-state index is 0.611. The number of benzene rings is 1. The fourth-order valence-electron chi connectivity index (χ4n) is 2.06. The molecule has 1 aromatic carbocycles. The van der Waals surface area contributed by atoms with Crippen molar-refractivity contribution in [2.45, 2.75) is 17.0 Å². The molecule has 0 atom stereocenters. The zero-order chi connectivity index (χ0) is 14.1. The van der Waals surface area contributed by atoms with Gasteiger partial charge in [-0.25, -0.2) is 9.97 Å². The van der Waals surface area contributed by atoms with Crippen LogP contribution in [0, 0.1) is 6.92 Å². The first-order valence-corrected chi connectivity index (χ1v) is 6.88. The first kappa shape index (κ1) is 12.8. The molecule has 0 amide bonds. The van der Waals surface area contributed by atoms with Crippen LogP contribution < -0.4 is 0 Å². The van der Waals surface area contributed by atoms with E-state index < -0.39 is 0 Å². The van der Waals surface area contributed by atoms with Gasteiger partial charge in [0.25, 0.3) is 0 Å². The van der Waals surface area contributed by atoms with E-state index in [1.54, 1.807) is 4.68 Å². The Morgan fingerprint density at radius 1 is 1.25 bits per heavy atom. The minimum absolute atomic E-state index is 0.611. The molecule has 0 unspecified atom stereocenters. The summed E-state index contributed by atoms with van der Waals surface area (Å²) < 4.78 is 1.71. The molecule has 2 heterocycles. The number of hydrogen-bond donors (Lipinski definition) is 0. The maximum absolute atomic E-state index is 11.2. The standard InChI is InChI=1S/C14H12N4OS/c1-9-11(7-19)14(18(2)17-9)20-13-10-5-3-4-6-12(10)15-8-16-13/h3-8H,1-2H3. The second kappa shape index (κ2) is 5.05. The SMILES string of the molecule is Cc1nn(C)c(Sc2ncnc3ccccc23)c1C=O. The van der Waals surface area contributed by atoms with Crippen LogP contribution in [-0.4, -0.2) is 26.0 Å². The zero-order valence-corrected chi connectivity index (χ0v) is 11.9. The summed E-state index contributed by atoms with van der Waals surface area (Å²) in [4.78, 5) is 19.8. The van der Waals surface area contributed by atoms with Crippen molar-refractivity contribution in [1.29, 1.82) is 0 Å². The first-order chi connectivity index (χ1) is 9.70. The Hall–Kier alpha value is -2.21. The van der Waals surface area contributed by atoms with Gasteiger partial charge in [-0.1, -0.05) is 18.2 Å². The third kappa shape index (κ3) is 2.08. The highest BCUT2D eigenvalue weighted by atomic mass is 32.2. The molecule has 0 aliphatic carbocycles. The lowest BCUT2D eigenvalue weighted by atomic mass is 10.2. The van der Waals surface area contributed by atoms with E-state index in [1.165, 1.54) is 18.1 Å². The van der Waals surface area contributed by atoms with E-state index in [0.29, 0.717) is 5.56 Å². The first-order valence-electron chi connectivity index (χ1n) is 6.07. The average molecular weight is 284 g/mol. The normalized spacial score (nSPS) is 10.9. The molecule has 0 aliphatic rings. The molecule has 0 saturated heterocycles. The van der Waals surface area contributed by atoms with Gasteiger partial charge in [0.2, 0.25) is 0 Å². The van der Waals surface area contributed by atoms with Crippen LogP contribution in [0.3, 0.4) is 0 Å². The predicted molar refractivity (Wildman–Crippen MR) is 77.0 cm³/mol. The van der Waals surface area contributed by atoms with Crippen LogP contribution in [0.2, 0.25) is 0 Å². The van der Waals surface area contributed by atoms with Crippen LogP contribution in [-0.2, 0) is 7.05 Å². The quantitative estimate of drug-likeness (QED) is 0.546. The van der Waals surface area contributed by atoms with Gasteiger partial charge in [-0.05, 0) is 24.8 Å². The maximum Gasteiger partial charge on any atom is 0.154 e.